The minimum atomic E-state index is -3.31. The Labute approximate surface area is 80.3 Å². The summed E-state index contributed by atoms with van der Waals surface area (Å²) in [5.41, 5.74) is 0. The van der Waals surface area contributed by atoms with Crippen LogP contribution in [0.15, 0.2) is 0 Å². The number of primary sulfonamides is 1. The van der Waals surface area contributed by atoms with Crippen LogP contribution in [0.5, 0.6) is 0 Å². The molecule has 0 fully saturated rings. The number of rotatable bonds is 7. The molecule has 0 aromatic carbocycles. The van der Waals surface area contributed by atoms with Crippen molar-refractivity contribution in [2.45, 2.75) is 6.42 Å². The third-order valence-electron chi connectivity index (χ3n) is 1.72. The molecule has 13 heavy (non-hydrogen) atoms. The van der Waals surface area contributed by atoms with Gasteiger partial charge in [-0.25, -0.2) is 13.6 Å². The van der Waals surface area contributed by atoms with E-state index in [1.54, 1.807) is 0 Å². The van der Waals surface area contributed by atoms with Crippen LogP contribution in [0.2, 0.25) is 0 Å². The SMILES string of the molecule is CNCCCN(C)CCS(N)(=O)=O. The van der Waals surface area contributed by atoms with Crippen molar-refractivity contribution in [3.8, 4) is 0 Å². The van der Waals surface area contributed by atoms with Crippen molar-refractivity contribution in [3.63, 3.8) is 0 Å². The number of sulfonamides is 1. The highest BCUT2D eigenvalue weighted by Crippen LogP contribution is 1.87. The first-order chi connectivity index (χ1) is 5.95. The molecule has 6 heteroatoms. The maximum atomic E-state index is 10.6. The molecule has 0 saturated heterocycles. The van der Waals surface area contributed by atoms with E-state index in [2.05, 4.69) is 5.32 Å². The van der Waals surface area contributed by atoms with Gasteiger partial charge < -0.3 is 10.2 Å². The molecule has 0 bridgehead atoms. The summed E-state index contributed by atoms with van der Waals surface area (Å²) in [6, 6.07) is 0. The van der Waals surface area contributed by atoms with Crippen LogP contribution in [-0.2, 0) is 10.0 Å². The molecule has 0 heterocycles. The second-order valence-electron chi connectivity index (χ2n) is 3.13. The molecule has 0 amide bonds. The van der Waals surface area contributed by atoms with E-state index in [9.17, 15) is 8.42 Å². The van der Waals surface area contributed by atoms with Crippen LogP contribution in [0.1, 0.15) is 6.42 Å². The van der Waals surface area contributed by atoms with Gasteiger partial charge >= 0.3 is 0 Å². The topological polar surface area (TPSA) is 75.4 Å². The van der Waals surface area contributed by atoms with E-state index >= 15 is 0 Å². The quantitative estimate of drug-likeness (QED) is 0.517. The molecule has 0 aliphatic heterocycles. The summed E-state index contributed by atoms with van der Waals surface area (Å²) in [5.74, 6) is 0.0308. The second kappa shape index (κ2) is 6.31. The number of hydrogen-bond donors (Lipinski definition) is 2. The Morgan fingerprint density at radius 3 is 2.46 bits per heavy atom. The average Bonchev–Trinajstić information content (AvgIpc) is 2.00. The van der Waals surface area contributed by atoms with Gasteiger partial charge in [0.1, 0.15) is 0 Å². The van der Waals surface area contributed by atoms with Crippen molar-refractivity contribution in [1.29, 1.82) is 0 Å². The first-order valence-corrected chi connectivity index (χ1v) is 6.01. The molecule has 0 aliphatic carbocycles. The molecule has 3 N–H and O–H groups in total. The van der Waals surface area contributed by atoms with Gasteiger partial charge in [-0.3, -0.25) is 0 Å². The Morgan fingerprint density at radius 2 is 2.00 bits per heavy atom. The minimum Gasteiger partial charge on any atom is -0.320 e. The lowest BCUT2D eigenvalue weighted by molar-refractivity contribution is 0.346. The van der Waals surface area contributed by atoms with Crippen LogP contribution in [-0.4, -0.2) is 52.8 Å². The predicted octanol–water partition coefficient (Wildman–Crippen LogP) is -1.18. The van der Waals surface area contributed by atoms with Crippen LogP contribution in [0.25, 0.3) is 0 Å². The van der Waals surface area contributed by atoms with Gasteiger partial charge in [0.15, 0.2) is 0 Å². The van der Waals surface area contributed by atoms with Gasteiger partial charge in [-0.05, 0) is 33.6 Å². The summed E-state index contributed by atoms with van der Waals surface area (Å²) in [7, 11) is 0.476. The Morgan fingerprint density at radius 1 is 1.38 bits per heavy atom. The predicted molar refractivity (Wildman–Crippen MR) is 54.0 cm³/mol. The van der Waals surface area contributed by atoms with Crippen LogP contribution < -0.4 is 10.5 Å². The first-order valence-electron chi connectivity index (χ1n) is 4.29. The van der Waals surface area contributed by atoms with Crippen LogP contribution in [0, 0.1) is 0 Å². The second-order valence-corrected chi connectivity index (χ2v) is 4.86. The lowest BCUT2D eigenvalue weighted by Gasteiger charge is -2.15. The van der Waals surface area contributed by atoms with E-state index in [0.29, 0.717) is 6.54 Å². The lowest BCUT2D eigenvalue weighted by Crippen LogP contribution is -2.30. The first kappa shape index (κ1) is 12.8. The molecule has 80 valence electrons. The summed E-state index contributed by atoms with van der Waals surface area (Å²) in [4.78, 5) is 1.96. The number of nitrogens with one attached hydrogen (secondary N) is 1. The van der Waals surface area contributed by atoms with Crippen molar-refractivity contribution in [1.82, 2.24) is 10.2 Å². The van der Waals surface area contributed by atoms with Crippen LogP contribution in [0.4, 0.5) is 0 Å². The fourth-order valence-corrected chi connectivity index (χ4v) is 1.49. The Balaban J connectivity index is 3.46. The Hall–Kier alpha value is -0.170. The molecule has 0 aliphatic rings. The molecule has 0 aromatic rings. The van der Waals surface area contributed by atoms with E-state index in [1.165, 1.54) is 0 Å². The summed E-state index contributed by atoms with van der Waals surface area (Å²) in [6.07, 6.45) is 1.01. The van der Waals surface area contributed by atoms with Gasteiger partial charge in [-0.1, -0.05) is 0 Å². The minimum absolute atomic E-state index is 0.0308. The number of nitrogens with zero attached hydrogens (tertiary/aromatic N) is 1. The monoisotopic (exact) mass is 209 g/mol. The lowest BCUT2D eigenvalue weighted by atomic mass is 10.4. The molecule has 0 radical (unpaired) electrons. The van der Waals surface area contributed by atoms with Gasteiger partial charge in [-0.2, -0.15) is 0 Å². The molecule has 0 spiro atoms. The molecule has 0 unspecified atom stereocenters. The van der Waals surface area contributed by atoms with Gasteiger partial charge in [0, 0.05) is 6.54 Å². The normalized spacial score (nSPS) is 12.3. The zero-order valence-electron chi connectivity index (χ0n) is 8.28. The van der Waals surface area contributed by atoms with E-state index < -0.39 is 10.0 Å². The fraction of sp³-hybridized carbons (Fsp3) is 1.00. The largest absolute Gasteiger partial charge is 0.320 e. The summed E-state index contributed by atoms with van der Waals surface area (Å²) >= 11 is 0. The van der Waals surface area contributed by atoms with E-state index in [1.807, 2.05) is 19.0 Å². The maximum Gasteiger partial charge on any atom is 0.210 e. The Kier molecular flexibility index (Phi) is 6.23. The molecule has 0 atom stereocenters. The van der Waals surface area contributed by atoms with Gasteiger partial charge in [0.05, 0.1) is 5.75 Å². The Bertz CT molecular complexity index is 216. The molecular weight excluding hydrogens is 190 g/mol. The van der Waals surface area contributed by atoms with Gasteiger partial charge in [-0.15, -0.1) is 0 Å². The molecule has 0 saturated carbocycles. The molecule has 0 aromatic heterocycles. The zero-order valence-corrected chi connectivity index (χ0v) is 9.10. The highest BCUT2D eigenvalue weighted by atomic mass is 32.2. The van der Waals surface area contributed by atoms with E-state index in [-0.39, 0.29) is 5.75 Å². The van der Waals surface area contributed by atoms with Crippen molar-refractivity contribution in [3.05, 3.63) is 0 Å². The third-order valence-corrected chi connectivity index (χ3v) is 2.48. The van der Waals surface area contributed by atoms with Crippen molar-refractivity contribution in [2.75, 3.05) is 39.5 Å². The number of nitrogens with two attached hydrogens (primary N) is 1. The average molecular weight is 209 g/mol. The van der Waals surface area contributed by atoms with Crippen molar-refractivity contribution >= 4 is 10.0 Å². The highest BCUT2D eigenvalue weighted by molar-refractivity contribution is 7.89. The molecule has 0 rings (SSSR count). The zero-order chi connectivity index (χ0) is 10.3. The standard InChI is InChI=1S/C7H19N3O2S/c1-9-4-3-5-10(2)6-7-13(8,11)12/h9H,3-7H2,1-2H3,(H2,8,11,12). The molecule has 5 nitrogen and oxygen atoms in total. The fourth-order valence-electron chi connectivity index (χ4n) is 0.921. The smallest absolute Gasteiger partial charge is 0.210 e. The van der Waals surface area contributed by atoms with Gasteiger partial charge in [0.25, 0.3) is 0 Å². The molecular formula is C7H19N3O2S. The summed E-state index contributed by atoms with van der Waals surface area (Å²) in [6.45, 7) is 2.33. The van der Waals surface area contributed by atoms with Crippen LogP contribution >= 0.6 is 0 Å². The third kappa shape index (κ3) is 9.75. The highest BCUT2D eigenvalue weighted by Gasteiger charge is 2.04. The summed E-state index contributed by atoms with van der Waals surface area (Å²) in [5, 5.41) is 7.90. The van der Waals surface area contributed by atoms with Crippen molar-refractivity contribution < 1.29 is 8.42 Å². The van der Waals surface area contributed by atoms with E-state index in [4.69, 9.17) is 5.14 Å². The van der Waals surface area contributed by atoms with Crippen LogP contribution in [0.3, 0.4) is 0 Å². The van der Waals surface area contributed by atoms with E-state index in [0.717, 1.165) is 19.5 Å². The van der Waals surface area contributed by atoms with Crippen molar-refractivity contribution in [2.24, 2.45) is 5.14 Å². The number of hydrogen-bond acceptors (Lipinski definition) is 4. The van der Waals surface area contributed by atoms with Gasteiger partial charge in [0.2, 0.25) is 10.0 Å². The summed E-state index contributed by atoms with van der Waals surface area (Å²) < 4.78 is 21.2. The maximum absolute atomic E-state index is 10.6.